The Kier molecular flexibility index (Phi) is 4.64. The number of hydrogen-bond acceptors (Lipinski definition) is 2. The zero-order valence-corrected chi connectivity index (χ0v) is 10.0. The van der Waals surface area contributed by atoms with E-state index in [1.807, 2.05) is 0 Å². The molecule has 2 rings (SSSR count). The number of carbonyl (C=O) groups excluding carboxylic acids is 1. The highest BCUT2D eigenvalue weighted by molar-refractivity contribution is 5.77. The van der Waals surface area contributed by atoms with Gasteiger partial charge in [-0.05, 0) is 25.7 Å². The fraction of sp³-hybridized carbons (Fsp3) is 0.923. The Morgan fingerprint density at radius 3 is 2.06 bits per heavy atom. The number of hydrogen-bond donors (Lipinski definition) is 1. The van der Waals surface area contributed by atoms with Crippen molar-refractivity contribution >= 4 is 5.91 Å². The van der Waals surface area contributed by atoms with Gasteiger partial charge in [0.2, 0.25) is 5.91 Å². The van der Waals surface area contributed by atoms with Crippen LogP contribution in [0.3, 0.4) is 0 Å². The van der Waals surface area contributed by atoms with Crippen molar-refractivity contribution in [3.8, 4) is 0 Å². The number of carbonyl (C=O) groups is 1. The molecule has 0 unspecified atom stereocenters. The fourth-order valence-corrected chi connectivity index (χ4v) is 2.77. The topological polar surface area (TPSA) is 38.3 Å². The van der Waals surface area contributed by atoms with Crippen LogP contribution < -0.4 is 5.48 Å². The van der Waals surface area contributed by atoms with Gasteiger partial charge in [-0.2, -0.15) is 0 Å². The molecule has 0 spiro atoms. The summed E-state index contributed by atoms with van der Waals surface area (Å²) in [6, 6.07) is 0. The number of rotatable bonds is 3. The van der Waals surface area contributed by atoms with Crippen LogP contribution in [0.25, 0.3) is 0 Å². The lowest BCUT2D eigenvalue weighted by molar-refractivity contribution is -0.142. The summed E-state index contributed by atoms with van der Waals surface area (Å²) in [5, 5.41) is 0. The zero-order valence-electron chi connectivity index (χ0n) is 10.0. The lowest BCUT2D eigenvalue weighted by Crippen LogP contribution is -2.33. The van der Waals surface area contributed by atoms with E-state index in [0.29, 0.717) is 0 Å². The van der Waals surface area contributed by atoms with Gasteiger partial charge in [0.25, 0.3) is 0 Å². The van der Waals surface area contributed by atoms with Gasteiger partial charge in [0.1, 0.15) is 0 Å². The van der Waals surface area contributed by atoms with Crippen molar-refractivity contribution in [1.82, 2.24) is 5.48 Å². The van der Waals surface area contributed by atoms with Gasteiger partial charge < -0.3 is 0 Å². The third kappa shape index (κ3) is 3.48. The number of nitrogens with one attached hydrogen (secondary N) is 1. The minimum atomic E-state index is 0.119. The van der Waals surface area contributed by atoms with Crippen LogP contribution in [0.5, 0.6) is 0 Å². The summed E-state index contributed by atoms with van der Waals surface area (Å²) in [5.74, 6) is 0.317. The van der Waals surface area contributed by atoms with Gasteiger partial charge in [-0.15, -0.1) is 0 Å². The number of amides is 1. The van der Waals surface area contributed by atoms with E-state index in [0.717, 1.165) is 25.7 Å². The van der Waals surface area contributed by atoms with Crippen LogP contribution in [0.4, 0.5) is 0 Å². The summed E-state index contributed by atoms with van der Waals surface area (Å²) in [6.07, 6.45) is 12.0. The molecule has 0 atom stereocenters. The maximum absolute atomic E-state index is 11.9. The van der Waals surface area contributed by atoms with Crippen molar-refractivity contribution in [1.29, 1.82) is 0 Å². The van der Waals surface area contributed by atoms with E-state index in [1.54, 1.807) is 0 Å². The molecule has 0 heterocycles. The first-order valence-corrected chi connectivity index (χ1v) is 6.82. The summed E-state index contributed by atoms with van der Waals surface area (Å²) >= 11 is 0. The average molecular weight is 225 g/mol. The third-order valence-electron chi connectivity index (χ3n) is 3.85. The second kappa shape index (κ2) is 6.24. The first kappa shape index (κ1) is 11.9. The Balaban J connectivity index is 1.69. The maximum atomic E-state index is 11.9. The molecule has 0 aromatic heterocycles. The second-order valence-corrected chi connectivity index (χ2v) is 5.18. The summed E-state index contributed by atoms with van der Waals surface area (Å²) < 4.78 is 0. The van der Waals surface area contributed by atoms with Gasteiger partial charge in [0, 0.05) is 5.92 Å². The standard InChI is InChI=1S/C13H23NO2/c15-13(11-7-3-1-2-4-8-11)14-16-12-9-5-6-10-12/h11-12H,1-10H2,(H,14,15). The van der Waals surface area contributed by atoms with Gasteiger partial charge in [-0.1, -0.05) is 38.5 Å². The van der Waals surface area contributed by atoms with Crippen LogP contribution >= 0.6 is 0 Å². The summed E-state index contributed by atoms with van der Waals surface area (Å²) in [4.78, 5) is 17.3. The Bertz CT molecular complexity index is 216. The molecular formula is C13H23NO2. The van der Waals surface area contributed by atoms with Gasteiger partial charge in [0.15, 0.2) is 0 Å². The molecule has 1 N–H and O–H groups in total. The van der Waals surface area contributed by atoms with Crippen LogP contribution in [0.15, 0.2) is 0 Å². The van der Waals surface area contributed by atoms with E-state index in [9.17, 15) is 4.79 Å². The van der Waals surface area contributed by atoms with Crippen molar-refractivity contribution in [2.24, 2.45) is 5.92 Å². The summed E-state index contributed by atoms with van der Waals surface area (Å²) in [5.41, 5.74) is 2.68. The van der Waals surface area contributed by atoms with Crippen LogP contribution in [-0.2, 0) is 9.63 Å². The molecule has 2 aliphatic carbocycles. The Morgan fingerprint density at radius 2 is 1.44 bits per heavy atom. The molecule has 0 radical (unpaired) electrons. The lowest BCUT2D eigenvalue weighted by atomic mass is 10.0. The average Bonchev–Trinajstić information content (AvgIpc) is 2.66. The van der Waals surface area contributed by atoms with E-state index in [4.69, 9.17) is 4.84 Å². The van der Waals surface area contributed by atoms with E-state index >= 15 is 0 Å². The minimum Gasteiger partial charge on any atom is -0.273 e. The number of hydroxylamine groups is 1. The quantitative estimate of drug-likeness (QED) is 0.592. The molecule has 0 aromatic carbocycles. The van der Waals surface area contributed by atoms with Crippen molar-refractivity contribution in [3.63, 3.8) is 0 Å². The molecule has 1 amide bonds. The highest BCUT2D eigenvalue weighted by Gasteiger charge is 2.22. The predicted octanol–water partition coefficient (Wildman–Crippen LogP) is 2.95. The molecule has 0 aliphatic heterocycles. The largest absolute Gasteiger partial charge is 0.273 e. The molecule has 92 valence electrons. The first-order chi connectivity index (χ1) is 7.86. The molecule has 16 heavy (non-hydrogen) atoms. The smallest absolute Gasteiger partial charge is 0.246 e. The van der Waals surface area contributed by atoms with Gasteiger partial charge in [-0.25, -0.2) is 5.48 Å². The minimum absolute atomic E-state index is 0.119. The predicted molar refractivity (Wildman–Crippen MR) is 62.7 cm³/mol. The molecular weight excluding hydrogens is 202 g/mol. The summed E-state index contributed by atoms with van der Waals surface area (Å²) in [7, 11) is 0. The normalized spacial score (nSPS) is 24.2. The molecule has 2 fully saturated rings. The van der Waals surface area contributed by atoms with Gasteiger partial charge >= 0.3 is 0 Å². The van der Waals surface area contributed by atoms with E-state index in [2.05, 4.69) is 5.48 Å². The summed E-state index contributed by atoms with van der Waals surface area (Å²) in [6.45, 7) is 0. The second-order valence-electron chi connectivity index (χ2n) is 5.18. The van der Waals surface area contributed by atoms with E-state index in [-0.39, 0.29) is 17.9 Å². The van der Waals surface area contributed by atoms with Crippen LogP contribution in [-0.4, -0.2) is 12.0 Å². The molecule has 2 saturated carbocycles. The monoisotopic (exact) mass is 225 g/mol. The first-order valence-electron chi connectivity index (χ1n) is 6.82. The van der Waals surface area contributed by atoms with E-state index < -0.39 is 0 Å². The van der Waals surface area contributed by atoms with Crippen LogP contribution in [0.2, 0.25) is 0 Å². The van der Waals surface area contributed by atoms with Crippen LogP contribution in [0, 0.1) is 5.92 Å². The highest BCUT2D eigenvalue weighted by atomic mass is 16.7. The SMILES string of the molecule is O=C(NOC1CCCC1)C1CCCCCC1. The van der Waals surface area contributed by atoms with Crippen molar-refractivity contribution in [2.45, 2.75) is 70.3 Å². The molecule has 3 heteroatoms. The van der Waals surface area contributed by atoms with Crippen molar-refractivity contribution in [3.05, 3.63) is 0 Å². The molecule has 3 nitrogen and oxygen atoms in total. The molecule has 2 aliphatic rings. The Labute approximate surface area is 97.9 Å². The highest BCUT2D eigenvalue weighted by Crippen LogP contribution is 2.24. The third-order valence-corrected chi connectivity index (χ3v) is 3.85. The Hall–Kier alpha value is -0.570. The zero-order chi connectivity index (χ0) is 11.2. The van der Waals surface area contributed by atoms with Crippen LogP contribution in [0.1, 0.15) is 64.2 Å². The van der Waals surface area contributed by atoms with Gasteiger partial charge in [-0.3, -0.25) is 9.63 Å². The van der Waals surface area contributed by atoms with E-state index in [1.165, 1.54) is 38.5 Å². The molecule has 0 aromatic rings. The lowest BCUT2D eigenvalue weighted by Gasteiger charge is -2.16. The van der Waals surface area contributed by atoms with Crippen molar-refractivity contribution < 1.29 is 9.63 Å². The Morgan fingerprint density at radius 1 is 0.875 bits per heavy atom. The molecule has 0 bridgehead atoms. The molecule has 0 saturated heterocycles. The van der Waals surface area contributed by atoms with Gasteiger partial charge in [0.05, 0.1) is 6.10 Å². The fourth-order valence-electron chi connectivity index (χ4n) is 2.77. The van der Waals surface area contributed by atoms with Crippen molar-refractivity contribution in [2.75, 3.05) is 0 Å². The maximum Gasteiger partial charge on any atom is 0.246 e.